The lowest BCUT2D eigenvalue weighted by atomic mass is 9.84. The molecule has 59 heavy (non-hydrogen) atoms. The van der Waals surface area contributed by atoms with Crippen molar-refractivity contribution in [1.29, 1.82) is 0 Å². The van der Waals surface area contributed by atoms with Crippen molar-refractivity contribution >= 4 is 64.9 Å². The van der Waals surface area contributed by atoms with Crippen LogP contribution in [0.25, 0.3) is 116 Å². The summed E-state index contributed by atoms with van der Waals surface area (Å²) in [5, 5.41) is 17.8. The van der Waals surface area contributed by atoms with Gasteiger partial charge < -0.3 is 9.55 Å². The maximum Gasteiger partial charge on any atom is 0.126 e. The van der Waals surface area contributed by atoms with E-state index < -0.39 is 0 Å². The van der Waals surface area contributed by atoms with E-state index in [0.717, 1.165) is 28.5 Å². The molecule has 2 heterocycles. The summed E-state index contributed by atoms with van der Waals surface area (Å²) >= 11 is 0. The highest BCUT2D eigenvalue weighted by Crippen LogP contribution is 2.53. The first-order valence-corrected chi connectivity index (χ1v) is 20.3. The first kappa shape index (κ1) is 32.3. The Morgan fingerprint density at radius 2 is 1.03 bits per heavy atom. The van der Waals surface area contributed by atoms with Crippen molar-refractivity contribution in [3.8, 4) is 50.7 Å². The molecule has 2 aromatic heterocycles. The van der Waals surface area contributed by atoms with Gasteiger partial charge in [0.1, 0.15) is 12.4 Å². The third-order valence-electron chi connectivity index (χ3n) is 12.5. The molecule has 0 spiro atoms. The second-order valence-electron chi connectivity index (χ2n) is 15.8. The number of nitrogens with zero attached hydrogens (tertiary/aromatic N) is 4. The van der Waals surface area contributed by atoms with Gasteiger partial charge in [-0.2, -0.15) is 0 Å². The van der Waals surface area contributed by atoms with Crippen molar-refractivity contribution in [2.24, 2.45) is 0 Å². The molecule has 0 saturated heterocycles. The number of benzene rings is 10. The van der Waals surface area contributed by atoms with E-state index in [-0.39, 0.29) is 0 Å². The third-order valence-corrected chi connectivity index (χ3v) is 12.5. The van der Waals surface area contributed by atoms with Gasteiger partial charge in [-0.3, -0.25) is 9.78 Å². The fourth-order valence-electron chi connectivity index (χ4n) is 9.95. The van der Waals surface area contributed by atoms with Crippen LogP contribution in [0.1, 0.15) is 5.56 Å². The molecule has 0 radical (unpaired) electrons. The summed E-state index contributed by atoms with van der Waals surface area (Å²) in [5.74, 6) is 1.56. The molecule has 0 bridgehead atoms. The van der Waals surface area contributed by atoms with Gasteiger partial charge in [-0.1, -0.05) is 152 Å². The predicted octanol–water partition coefficient (Wildman–Crippen LogP) is 13.1. The second-order valence-corrected chi connectivity index (χ2v) is 15.8. The molecule has 1 aliphatic carbocycles. The molecule has 1 aliphatic rings. The van der Waals surface area contributed by atoms with Crippen LogP contribution in [0, 0.1) is 0 Å². The van der Waals surface area contributed by atoms with E-state index in [1.807, 2.05) is 4.68 Å². The molecule has 0 saturated carbocycles. The van der Waals surface area contributed by atoms with Gasteiger partial charge in [0.15, 0.2) is 0 Å². The first-order chi connectivity index (χ1) is 29.3. The number of aromatic nitrogens is 4. The zero-order valence-electron chi connectivity index (χ0n) is 32.0. The lowest BCUT2D eigenvalue weighted by Gasteiger charge is -2.19. The van der Waals surface area contributed by atoms with Crippen molar-refractivity contribution < 1.29 is 4.68 Å². The van der Waals surface area contributed by atoms with Gasteiger partial charge in [0, 0.05) is 22.0 Å². The maximum absolute atomic E-state index is 5.22. The lowest BCUT2D eigenvalue weighted by Crippen LogP contribution is -2.40. The van der Waals surface area contributed by atoms with Crippen LogP contribution in [-0.4, -0.2) is 9.55 Å². The fourth-order valence-corrected chi connectivity index (χ4v) is 9.95. The van der Waals surface area contributed by atoms with Gasteiger partial charge >= 0.3 is 0 Å². The molecule has 4 nitrogen and oxygen atoms in total. The summed E-state index contributed by atoms with van der Waals surface area (Å²) in [6.45, 7) is 0.620. The lowest BCUT2D eigenvalue weighted by molar-refractivity contribution is -0.737. The molecule has 12 aromatic rings. The smallest absolute Gasteiger partial charge is 0.126 e. The van der Waals surface area contributed by atoms with Crippen LogP contribution in [0.5, 0.6) is 0 Å². The summed E-state index contributed by atoms with van der Waals surface area (Å²) in [5.41, 5.74) is 11.9. The van der Waals surface area contributed by atoms with Crippen LogP contribution >= 0.6 is 0 Å². The van der Waals surface area contributed by atoms with E-state index in [4.69, 9.17) is 10.1 Å². The molecular weight excluding hydrogens is 717 g/mol. The van der Waals surface area contributed by atoms with Crippen LogP contribution in [0.15, 0.2) is 194 Å². The Morgan fingerprint density at radius 3 is 1.80 bits per heavy atom. The van der Waals surface area contributed by atoms with Crippen LogP contribution in [0.4, 0.5) is 0 Å². The van der Waals surface area contributed by atoms with Gasteiger partial charge in [-0.05, 0) is 125 Å². The molecule has 0 fully saturated rings. The minimum Gasteiger partial charge on any atom is -0.397 e. The number of rotatable bonds is 5. The molecule has 274 valence electrons. The monoisotopic (exact) mass is 750 g/mol. The van der Waals surface area contributed by atoms with E-state index in [9.17, 15) is 0 Å². The Balaban J connectivity index is 1.02. The van der Waals surface area contributed by atoms with Gasteiger partial charge in [-0.15, -0.1) is 0 Å². The highest BCUT2D eigenvalue weighted by Gasteiger charge is 2.27. The quantitative estimate of drug-likeness (QED) is 0.130. The van der Waals surface area contributed by atoms with Gasteiger partial charge in [-0.25, -0.2) is 0 Å². The summed E-state index contributed by atoms with van der Waals surface area (Å²) in [6, 6.07) is 70.5. The number of hydrogen-bond acceptors (Lipinski definition) is 1. The Hall–Kier alpha value is -7.82. The normalized spacial score (nSPS) is 12.1. The number of hydrogen-bond donors (Lipinski definition) is 0. The molecule has 0 amide bonds. The van der Waals surface area contributed by atoms with E-state index in [1.165, 1.54) is 92.7 Å². The van der Waals surface area contributed by atoms with Gasteiger partial charge in [0.25, 0.3) is 0 Å². The van der Waals surface area contributed by atoms with Gasteiger partial charge in [0.05, 0.1) is 11.0 Å². The third kappa shape index (κ3) is 4.71. The van der Waals surface area contributed by atoms with Crippen molar-refractivity contribution in [3.05, 3.63) is 200 Å². The van der Waals surface area contributed by atoms with Crippen LogP contribution in [0.2, 0.25) is 0 Å². The molecule has 0 unspecified atom stereocenters. The Morgan fingerprint density at radius 1 is 0.441 bits per heavy atom. The molecule has 0 atom stereocenters. The minimum absolute atomic E-state index is 0.620. The van der Waals surface area contributed by atoms with Crippen LogP contribution in [-0.2, 0) is 6.54 Å². The summed E-state index contributed by atoms with van der Waals surface area (Å²) in [7, 11) is 0. The van der Waals surface area contributed by atoms with E-state index >= 15 is 0 Å². The second kappa shape index (κ2) is 12.3. The average Bonchev–Trinajstić information content (AvgIpc) is 3.84. The molecule has 4 heteroatoms. The topological polar surface area (TPSA) is 35.8 Å². The zero-order chi connectivity index (χ0) is 38.6. The number of fused-ring (bicyclic) bond motifs is 9. The Bertz CT molecular complexity index is 3680. The van der Waals surface area contributed by atoms with E-state index in [0.29, 0.717) is 6.54 Å². The largest absolute Gasteiger partial charge is 0.397 e. The SMILES string of the molecule is c1ccc(C[n+]2[n-]c(-c3ccc4ccccc4c3)nc2-c2ccc(-n3c4cccc5c4c4c6c(cccc6ccc43)-c3c-5c4ccccc4c4ccccc34)cc2)cc1. The minimum atomic E-state index is 0.620. The summed E-state index contributed by atoms with van der Waals surface area (Å²) < 4.78 is 4.50. The zero-order valence-corrected chi connectivity index (χ0v) is 32.0. The molecule has 10 aromatic carbocycles. The average molecular weight is 751 g/mol. The van der Waals surface area contributed by atoms with E-state index in [1.54, 1.807) is 0 Å². The summed E-state index contributed by atoms with van der Waals surface area (Å²) in [6.07, 6.45) is 0. The maximum atomic E-state index is 5.22. The highest BCUT2D eigenvalue weighted by molar-refractivity contribution is 6.35. The van der Waals surface area contributed by atoms with Crippen LogP contribution in [0.3, 0.4) is 0 Å². The first-order valence-electron chi connectivity index (χ1n) is 20.3. The molecular formula is C55H34N4. The van der Waals surface area contributed by atoms with Crippen molar-refractivity contribution in [1.82, 2.24) is 14.6 Å². The van der Waals surface area contributed by atoms with Crippen molar-refractivity contribution in [2.45, 2.75) is 6.54 Å². The molecule has 0 N–H and O–H groups in total. The predicted molar refractivity (Wildman–Crippen MR) is 243 cm³/mol. The standard InChI is InChI=1S/C55H34N4/c1-2-12-34(13-3-1)33-58-55(56-54(57-58)39-25-24-35-14-4-5-15-38(35)32-39)37-26-29-40(30-27-37)59-47-23-11-22-46-51-44-20-9-7-18-42(44)41-17-6-8-19-43(41)50(51)45-21-10-16-36-28-31-48(59)53(49(36)45)52(46)47/h1-32H,33H2. The Kier molecular flexibility index (Phi) is 6.75. The van der Waals surface area contributed by atoms with E-state index in [2.05, 4.69) is 199 Å². The summed E-state index contributed by atoms with van der Waals surface area (Å²) in [4.78, 5) is 5.22. The highest BCUT2D eigenvalue weighted by atomic mass is 15.3. The van der Waals surface area contributed by atoms with Gasteiger partial charge in [0.2, 0.25) is 0 Å². The van der Waals surface area contributed by atoms with Crippen molar-refractivity contribution in [3.63, 3.8) is 0 Å². The molecule has 13 rings (SSSR count). The fraction of sp³-hybridized carbons (Fsp3) is 0.0182. The Labute approximate surface area is 339 Å². The van der Waals surface area contributed by atoms with Crippen molar-refractivity contribution in [2.75, 3.05) is 0 Å². The molecule has 0 aliphatic heterocycles. The van der Waals surface area contributed by atoms with Crippen LogP contribution < -0.4 is 9.78 Å².